The Morgan fingerprint density at radius 3 is 2.76 bits per heavy atom. The number of hydrogen-bond acceptors (Lipinski definition) is 5. The molecule has 0 bridgehead atoms. The van der Waals surface area contributed by atoms with Crippen molar-refractivity contribution in [3.05, 3.63) is 41.5 Å². The highest BCUT2D eigenvalue weighted by Crippen LogP contribution is 2.55. The van der Waals surface area contributed by atoms with Gasteiger partial charge in [0.15, 0.2) is 11.5 Å². The number of phenols is 2. The fraction of sp³-hybridized carbons (Fsp3) is 0.250. The molecular formula is C16H14O5. The highest BCUT2D eigenvalue weighted by atomic mass is 16.5. The Hall–Kier alpha value is -2.56. The molecule has 5 nitrogen and oxygen atoms in total. The average molecular weight is 286 g/mol. The van der Waals surface area contributed by atoms with Crippen LogP contribution in [0.2, 0.25) is 0 Å². The molecule has 0 spiro atoms. The third kappa shape index (κ3) is 1.63. The highest BCUT2D eigenvalue weighted by molar-refractivity contribution is 5.60. The first-order valence-corrected chi connectivity index (χ1v) is 6.71. The van der Waals surface area contributed by atoms with Crippen LogP contribution in [0.25, 0.3) is 0 Å². The van der Waals surface area contributed by atoms with Gasteiger partial charge in [-0.2, -0.15) is 0 Å². The zero-order valence-corrected chi connectivity index (χ0v) is 11.4. The van der Waals surface area contributed by atoms with Gasteiger partial charge in [0.2, 0.25) is 5.75 Å². The summed E-state index contributed by atoms with van der Waals surface area (Å²) < 4.78 is 16.8. The summed E-state index contributed by atoms with van der Waals surface area (Å²) in [6, 6.07) is 8.61. The maximum absolute atomic E-state index is 10.2. The van der Waals surface area contributed by atoms with Gasteiger partial charge < -0.3 is 24.4 Å². The van der Waals surface area contributed by atoms with Crippen molar-refractivity contribution < 1.29 is 24.4 Å². The van der Waals surface area contributed by atoms with E-state index >= 15 is 0 Å². The van der Waals surface area contributed by atoms with E-state index in [1.54, 1.807) is 24.3 Å². The summed E-state index contributed by atoms with van der Waals surface area (Å²) in [5, 5.41) is 19.8. The molecule has 0 unspecified atom stereocenters. The minimum Gasteiger partial charge on any atom is -0.508 e. The highest BCUT2D eigenvalue weighted by Gasteiger charge is 2.42. The molecule has 5 heteroatoms. The number of benzene rings is 2. The number of aromatic hydroxyl groups is 2. The second-order valence-electron chi connectivity index (χ2n) is 5.21. The molecule has 0 fully saturated rings. The van der Waals surface area contributed by atoms with Crippen LogP contribution < -0.4 is 14.2 Å². The third-order valence-electron chi connectivity index (χ3n) is 4.08. The monoisotopic (exact) mass is 286 g/mol. The predicted octanol–water partition coefficient (Wildman–Crippen LogP) is 2.72. The Balaban J connectivity index is 1.81. The molecule has 0 saturated heterocycles. The van der Waals surface area contributed by atoms with Crippen LogP contribution in [-0.2, 0) is 0 Å². The van der Waals surface area contributed by atoms with Gasteiger partial charge in [-0.3, -0.25) is 0 Å². The molecule has 2 aromatic carbocycles. The molecule has 2 heterocycles. The van der Waals surface area contributed by atoms with Crippen LogP contribution >= 0.6 is 0 Å². The number of hydrogen-bond donors (Lipinski definition) is 2. The van der Waals surface area contributed by atoms with E-state index in [1.807, 2.05) is 6.07 Å². The summed E-state index contributed by atoms with van der Waals surface area (Å²) in [7, 11) is 1.50. The van der Waals surface area contributed by atoms with Gasteiger partial charge in [-0.05, 0) is 18.2 Å². The van der Waals surface area contributed by atoms with E-state index in [9.17, 15) is 10.2 Å². The lowest BCUT2D eigenvalue weighted by Gasteiger charge is -2.27. The molecule has 4 rings (SSSR count). The fourth-order valence-electron chi connectivity index (χ4n) is 3.04. The van der Waals surface area contributed by atoms with Gasteiger partial charge in [-0.25, -0.2) is 0 Å². The number of fused-ring (bicyclic) bond motifs is 5. The van der Waals surface area contributed by atoms with Gasteiger partial charge in [-0.1, -0.05) is 6.07 Å². The van der Waals surface area contributed by atoms with Gasteiger partial charge >= 0.3 is 0 Å². The summed E-state index contributed by atoms with van der Waals surface area (Å²) in [6.45, 7) is 0.444. The summed E-state index contributed by atoms with van der Waals surface area (Å²) in [5.74, 6) is 1.66. The first-order valence-electron chi connectivity index (χ1n) is 6.71. The maximum atomic E-state index is 10.2. The normalized spacial score (nSPS) is 21.6. The van der Waals surface area contributed by atoms with Gasteiger partial charge in [0.05, 0.1) is 19.6 Å². The molecule has 2 aliphatic heterocycles. The maximum Gasteiger partial charge on any atom is 0.201 e. The zero-order valence-electron chi connectivity index (χ0n) is 11.4. The lowest BCUT2D eigenvalue weighted by Crippen LogP contribution is -2.22. The standard InChI is InChI=1S/C16H14O5/c1-19-12-5-4-9-11-7-20-13-6-8(17)2-3-10(13)15(11)21-16(9)14(12)18/h2-6,11,15,17-18H,7H2,1H3/t11-,15-/m0/s1. The zero-order chi connectivity index (χ0) is 14.6. The fourth-order valence-corrected chi connectivity index (χ4v) is 3.04. The van der Waals surface area contributed by atoms with E-state index in [0.717, 1.165) is 11.1 Å². The smallest absolute Gasteiger partial charge is 0.201 e. The Kier molecular flexibility index (Phi) is 2.45. The molecule has 2 aromatic rings. The van der Waals surface area contributed by atoms with Crippen LogP contribution in [0, 0.1) is 0 Å². The summed E-state index contributed by atoms with van der Waals surface area (Å²) in [6.07, 6.45) is -0.220. The first-order chi connectivity index (χ1) is 10.2. The number of methoxy groups -OCH3 is 1. The molecule has 0 saturated carbocycles. The van der Waals surface area contributed by atoms with Crippen molar-refractivity contribution in [3.8, 4) is 28.7 Å². The molecule has 2 N–H and O–H groups in total. The molecule has 108 valence electrons. The lowest BCUT2D eigenvalue weighted by atomic mass is 9.89. The number of phenolic OH excluding ortho intramolecular Hbond substituents is 2. The van der Waals surface area contributed by atoms with Crippen molar-refractivity contribution in [1.29, 1.82) is 0 Å². The second-order valence-corrected chi connectivity index (χ2v) is 5.21. The minimum atomic E-state index is -0.220. The SMILES string of the molecule is COc1ccc2c(c1O)O[C@H]1c3ccc(O)cc3OC[C@@H]21. The van der Waals surface area contributed by atoms with Crippen LogP contribution in [0.4, 0.5) is 0 Å². The minimum absolute atomic E-state index is 0.0183. The van der Waals surface area contributed by atoms with E-state index in [0.29, 0.717) is 23.9 Å². The van der Waals surface area contributed by atoms with E-state index in [4.69, 9.17) is 14.2 Å². The van der Waals surface area contributed by atoms with Crippen LogP contribution in [0.15, 0.2) is 30.3 Å². The topological polar surface area (TPSA) is 68.2 Å². The van der Waals surface area contributed by atoms with Crippen LogP contribution in [0.5, 0.6) is 28.7 Å². The van der Waals surface area contributed by atoms with Crippen molar-refractivity contribution in [1.82, 2.24) is 0 Å². The van der Waals surface area contributed by atoms with Crippen molar-refractivity contribution in [3.63, 3.8) is 0 Å². The number of rotatable bonds is 1. The molecule has 2 aliphatic rings. The number of ether oxygens (including phenoxy) is 3. The summed E-state index contributed by atoms with van der Waals surface area (Å²) in [4.78, 5) is 0. The van der Waals surface area contributed by atoms with Gasteiger partial charge in [0.1, 0.15) is 17.6 Å². The lowest BCUT2D eigenvalue weighted by molar-refractivity contribution is 0.136. The van der Waals surface area contributed by atoms with E-state index < -0.39 is 0 Å². The summed E-state index contributed by atoms with van der Waals surface area (Å²) >= 11 is 0. The second kappa shape index (κ2) is 4.22. The molecule has 2 atom stereocenters. The van der Waals surface area contributed by atoms with Crippen LogP contribution in [-0.4, -0.2) is 23.9 Å². The van der Waals surface area contributed by atoms with Crippen LogP contribution in [0.3, 0.4) is 0 Å². The molecule has 0 amide bonds. The Morgan fingerprint density at radius 2 is 1.95 bits per heavy atom. The van der Waals surface area contributed by atoms with E-state index in [1.165, 1.54) is 7.11 Å². The molecule has 0 radical (unpaired) electrons. The predicted molar refractivity (Wildman–Crippen MR) is 74.4 cm³/mol. The largest absolute Gasteiger partial charge is 0.508 e. The van der Waals surface area contributed by atoms with Gasteiger partial charge in [0.25, 0.3) is 0 Å². The Labute approximate surface area is 121 Å². The molecule has 0 aliphatic carbocycles. The first kappa shape index (κ1) is 12.2. The van der Waals surface area contributed by atoms with Crippen molar-refractivity contribution >= 4 is 0 Å². The molecule has 21 heavy (non-hydrogen) atoms. The van der Waals surface area contributed by atoms with E-state index in [-0.39, 0.29) is 23.5 Å². The van der Waals surface area contributed by atoms with Gasteiger partial charge in [0, 0.05) is 17.2 Å². The summed E-state index contributed by atoms with van der Waals surface area (Å²) in [5.41, 5.74) is 1.79. The molecular weight excluding hydrogens is 272 g/mol. The van der Waals surface area contributed by atoms with Crippen LogP contribution in [0.1, 0.15) is 23.1 Å². The van der Waals surface area contributed by atoms with Crippen molar-refractivity contribution in [2.75, 3.05) is 13.7 Å². The van der Waals surface area contributed by atoms with Crippen molar-refractivity contribution in [2.45, 2.75) is 12.0 Å². The molecule has 0 aromatic heterocycles. The average Bonchev–Trinajstić information content (AvgIpc) is 2.87. The Morgan fingerprint density at radius 1 is 1.14 bits per heavy atom. The quantitative estimate of drug-likeness (QED) is 0.843. The third-order valence-corrected chi connectivity index (χ3v) is 4.08. The van der Waals surface area contributed by atoms with Gasteiger partial charge in [-0.15, -0.1) is 0 Å². The Bertz CT molecular complexity index is 725. The van der Waals surface area contributed by atoms with Crippen molar-refractivity contribution in [2.24, 2.45) is 0 Å². The van der Waals surface area contributed by atoms with E-state index in [2.05, 4.69) is 0 Å².